The molecular formula is C33H40FN3O4. The van der Waals surface area contributed by atoms with Gasteiger partial charge >= 0.3 is 5.97 Å². The first kappa shape index (κ1) is 30.2. The second-order valence-corrected chi connectivity index (χ2v) is 11.6. The molecule has 2 atom stereocenters. The summed E-state index contributed by atoms with van der Waals surface area (Å²) in [5, 5.41) is 12.7. The van der Waals surface area contributed by atoms with Crippen LogP contribution in [0.15, 0.2) is 59.5 Å². The van der Waals surface area contributed by atoms with Gasteiger partial charge in [-0.05, 0) is 104 Å². The number of carbonyl (C=O) groups excluding carboxylic acids is 1. The first-order chi connectivity index (χ1) is 19.5. The van der Waals surface area contributed by atoms with Gasteiger partial charge < -0.3 is 19.9 Å². The van der Waals surface area contributed by atoms with Crippen molar-refractivity contribution in [1.29, 1.82) is 0 Å². The van der Waals surface area contributed by atoms with E-state index < -0.39 is 24.0 Å². The lowest BCUT2D eigenvalue weighted by Crippen LogP contribution is -2.40. The first-order valence-corrected chi connectivity index (χ1v) is 14.3. The van der Waals surface area contributed by atoms with Crippen molar-refractivity contribution in [3.63, 3.8) is 0 Å². The Hall–Kier alpha value is -3.78. The standard InChI is InChI=1S/C33H40FN3O4/c1-21(2)15-29(37-20-24(9-10-30(37)38)11-14-36-12-6-13-36)33(41)35-28(19-31(39)40)25-7-5-8-26(18-25)32-22(3)16-27(34)17-23(32)4/h5,7-10,16-18,20-21,28-29H,6,11-15,19H2,1-4H3,(H,35,41)(H,39,40)/t28-,29?/m0/s1. The Labute approximate surface area is 241 Å². The molecule has 41 heavy (non-hydrogen) atoms. The minimum absolute atomic E-state index is 0.119. The van der Waals surface area contributed by atoms with Gasteiger partial charge in [-0.1, -0.05) is 38.1 Å². The Kier molecular flexibility index (Phi) is 9.76. The Morgan fingerprint density at radius 3 is 2.37 bits per heavy atom. The van der Waals surface area contributed by atoms with Gasteiger partial charge in [0.15, 0.2) is 0 Å². The van der Waals surface area contributed by atoms with E-state index in [0.29, 0.717) is 12.0 Å². The molecule has 2 heterocycles. The molecule has 2 aromatic carbocycles. The number of pyridine rings is 1. The summed E-state index contributed by atoms with van der Waals surface area (Å²) in [6.45, 7) is 10.7. The molecule has 0 aliphatic carbocycles. The van der Waals surface area contributed by atoms with Gasteiger partial charge in [-0.2, -0.15) is 0 Å². The average Bonchev–Trinajstić information content (AvgIpc) is 2.86. The van der Waals surface area contributed by atoms with Crippen molar-refractivity contribution in [2.75, 3.05) is 19.6 Å². The third-order valence-corrected chi connectivity index (χ3v) is 7.77. The fourth-order valence-corrected chi connectivity index (χ4v) is 5.60. The second kappa shape index (κ2) is 13.3. The van der Waals surface area contributed by atoms with Crippen LogP contribution in [0.25, 0.3) is 11.1 Å². The predicted molar refractivity (Wildman–Crippen MR) is 158 cm³/mol. The number of carbonyl (C=O) groups is 2. The van der Waals surface area contributed by atoms with E-state index in [1.54, 1.807) is 12.3 Å². The van der Waals surface area contributed by atoms with Gasteiger partial charge in [0.05, 0.1) is 12.5 Å². The van der Waals surface area contributed by atoms with E-state index in [4.69, 9.17) is 0 Å². The molecule has 0 bridgehead atoms. The Balaban J connectivity index is 1.64. The minimum Gasteiger partial charge on any atom is -0.481 e. The van der Waals surface area contributed by atoms with Crippen LogP contribution in [-0.2, 0) is 16.0 Å². The molecule has 1 aliphatic heterocycles. The number of amides is 1. The smallest absolute Gasteiger partial charge is 0.305 e. The van der Waals surface area contributed by atoms with Gasteiger partial charge in [0, 0.05) is 18.8 Å². The Morgan fingerprint density at radius 1 is 1.05 bits per heavy atom. The fourth-order valence-electron chi connectivity index (χ4n) is 5.60. The number of hydrogen-bond acceptors (Lipinski definition) is 4. The molecule has 0 spiro atoms. The molecule has 1 aromatic heterocycles. The number of carboxylic acids is 1. The molecular weight excluding hydrogens is 521 g/mol. The zero-order chi connectivity index (χ0) is 29.7. The zero-order valence-electron chi connectivity index (χ0n) is 24.3. The second-order valence-electron chi connectivity index (χ2n) is 11.6. The van der Waals surface area contributed by atoms with Crippen LogP contribution in [0.3, 0.4) is 0 Å². The van der Waals surface area contributed by atoms with E-state index in [1.807, 2.05) is 52.0 Å². The van der Waals surface area contributed by atoms with Crippen LogP contribution in [-0.4, -0.2) is 46.1 Å². The van der Waals surface area contributed by atoms with Crippen LogP contribution in [0.2, 0.25) is 0 Å². The topological polar surface area (TPSA) is 91.6 Å². The molecule has 0 radical (unpaired) electrons. The number of likely N-dealkylation sites (tertiary alicyclic amines) is 1. The number of nitrogens with zero attached hydrogens (tertiary/aromatic N) is 2. The predicted octanol–water partition coefficient (Wildman–Crippen LogP) is 5.44. The third-order valence-electron chi connectivity index (χ3n) is 7.77. The quantitative estimate of drug-likeness (QED) is 0.307. The lowest BCUT2D eigenvalue weighted by atomic mass is 9.92. The van der Waals surface area contributed by atoms with Crippen LogP contribution < -0.4 is 10.9 Å². The summed E-state index contributed by atoms with van der Waals surface area (Å²) < 4.78 is 15.4. The zero-order valence-corrected chi connectivity index (χ0v) is 24.3. The van der Waals surface area contributed by atoms with Crippen LogP contribution in [0, 0.1) is 25.6 Å². The number of hydrogen-bond donors (Lipinski definition) is 2. The summed E-state index contributed by atoms with van der Waals surface area (Å²) in [6.07, 6.45) is 3.87. The summed E-state index contributed by atoms with van der Waals surface area (Å²) in [5.74, 6) is -1.65. The SMILES string of the molecule is Cc1cc(F)cc(C)c1-c1cccc([C@H](CC(=O)O)NC(=O)C(CC(C)C)n2cc(CCN3CCC3)ccc2=O)c1. The van der Waals surface area contributed by atoms with Crippen molar-refractivity contribution in [2.24, 2.45) is 5.92 Å². The lowest BCUT2D eigenvalue weighted by Gasteiger charge is -2.30. The highest BCUT2D eigenvalue weighted by molar-refractivity contribution is 5.82. The maximum atomic E-state index is 13.9. The van der Waals surface area contributed by atoms with Crippen molar-refractivity contribution < 1.29 is 19.1 Å². The summed E-state index contributed by atoms with van der Waals surface area (Å²) >= 11 is 0. The van der Waals surface area contributed by atoms with Crippen molar-refractivity contribution in [3.8, 4) is 11.1 Å². The first-order valence-electron chi connectivity index (χ1n) is 14.3. The normalized spacial score (nSPS) is 14.9. The third kappa shape index (κ3) is 7.70. The fraction of sp³-hybridized carbons (Fsp3) is 0.424. The van der Waals surface area contributed by atoms with Gasteiger partial charge in [-0.25, -0.2) is 4.39 Å². The monoisotopic (exact) mass is 561 g/mol. The number of benzene rings is 2. The van der Waals surface area contributed by atoms with E-state index in [-0.39, 0.29) is 23.7 Å². The van der Waals surface area contributed by atoms with E-state index in [9.17, 15) is 23.9 Å². The minimum atomic E-state index is -1.06. The van der Waals surface area contributed by atoms with Crippen LogP contribution in [0.5, 0.6) is 0 Å². The largest absolute Gasteiger partial charge is 0.481 e. The van der Waals surface area contributed by atoms with Gasteiger partial charge in [0.2, 0.25) is 5.91 Å². The number of nitrogens with one attached hydrogen (secondary N) is 1. The lowest BCUT2D eigenvalue weighted by molar-refractivity contribution is -0.138. The molecule has 4 rings (SSSR count). The number of carboxylic acid groups (broad SMARTS) is 1. The van der Waals surface area contributed by atoms with Crippen LogP contribution in [0.1, 0.15) is 67.4 Å². The molecule has 1 amide bonds. The summed E-state index contributed by atoms with van der Waals surface area (Å²) in [5.41, 5.74) is 4.56. The molecule has 8 heteroatoms. The van der Waals surface area contributed by atoms with Gasteiger partial charge in [0.25, 0.3) is 5.56 Å². The summed E-state index contributed by atoms with van der Waals surface area (Å²) in [6, 6.07) is 12.0. The Morgan fingerprint density at radius 2 is 1.76 bits per heavy atom. The van der Waals surface area contributed by atoms with Gasteiger partial charge in [-0.15, -0.1) is 0 Å². The molecule has 7 nitrogen and oxygen atoms in total. The molecule has 1 unspecified atom stereocenters. The van der Waals surface area contributed by atoms with Crippen molar-refractivity contribution in [1.82, 2.24) is 14.8 Å². The van der Waals surface area contributed by atoms with Crippen molar-refractivity contribution in [2.45, 2.75) is 65.5 Å². The van der Waals surface area contributed by atoms with Crippen LogP contribution >= 0.6 is 0 Å². The molecule has 3 aromatic rings. The van der Waals surface area contributed by atoms with Crippen LogP contribution in [0.4, 0.5) is 4.39 Å². The maximum Gasteiger partial charge on any atom is 0.305 e. The van der Waals surface area contributed by atoms with Crippen molar-refractivity contribution >= 4 is 11.9 Å². The van der Waals surface area contributed by atoms with E-state index in [1.165, 1.54) is 29.2 Å². The van der Waals surface area contributed by atoms with Gasteiger partial charge in [0.1, 0.15) is 11.9 Å². The highest BCUT2D eigenvalue weighted by Crippen LogP contribution is 2.31. The highest BCUT2D eigenvalue weighted by Gasteiger charge is 2.27. The number of aromatic nitrogens is 1. The summed E-state index contributed by atoms with van der Waals surface area (Å²) in [7, 11) is 0. The Bertz CT molecular complexity index is 1440. The molecule has 1 aliphatic rings. The number of rotatable bonds is 12. The maximum absolute atomic E-state index is 13.9. The van der Waals surface area contributed by atoms with E-state index in [2.05, 4.69) is 10.2 Å². The molecule has 2 N–H and O–H groups in total. The summed E-state index contributed by atoms with van der Waals surface area (Å²) in [4.78, 5) is 41.0. The van der Waals surface area contributed by atoms with E-state index in [0.717, 1.165) is 53.9 Å². The molecule has 1 saturated heterocycles. The number of halogens is 1. The molecule has 1 fully saturated rings. The van der Waals surface area contributed by atoms with Crippen molar-refractivity contribution in [3.05, 3.63) is 93.2 Å². The highest BCUT2D eigenvalue weighted by atomic mass is 19.1. The number of aliphatic carboxylic acids is 1. The molecule has 0 saturated carbocycles. The molecule has 218 valence electrons. The van der Waals surface area contributed by atoms with E-state index >= 15 is 0 Å². The average molecular weight is 562 g/mol. The van der Waals surface area contributed by atoms with Gasteiger partial charge in [-0.3, -0.25) is 14.4 Å². The number of aryl methyl sites for hydroxylation is 2.